The summed E-state index contributed by atoms with van der Waals surface area (Å²) in [6.45, 7) is 0.330. The summed E-state index contributed by atoms with van der Waals surface area (Å²) >= 11 is 0. The van der Waals surface area contributed by atoms with Gasteiger partial charge in [-0.3, -0.25) is 0 Å². The van der Waals surface area contributed by atoms with Gasteiger partial charge in [-0.15, -0.1) is 0 Å². The summed E-state index contributed by atoms with van der Waals surface area (Å²) in [4.78, 5) is 0. The van der Waals surface area contributed by atoms with Crippen LogP contribution in [0, 0.1) is 0 Å². The Balaban J connectivity index is 1.97. The van der Waals surface area contributed by atoms with Crippen LogP contribution >= 0.6 is 0 Å². The standard InChI is InChI=1S/C14H18O5/c15-6-5-10-7-12(16)13(17)14(19-10)11-4-2-1-3-9(11)8-18-14/h1-4,10,12-13,15-17H,5-8H2/t10?,12?,13?,14-/m1/s1. The lowest BCUT2D eigenvalue weighted by molar-refractivity contribution is -0.345. The highest BCUT2D eigenvalue weighted by molar-refractivity contribution is 5.35. The molecule has 5 nitrogen and oxygen atoms in total. The van der Waals surface area contributed by atoms with E-state index in [2.05, 4.69) is 0 Å². The Hall–Kier alpha value is -0.980. The van der Waals surface area contributed by atoms with Gasteiger partial charge in [-0.05, 0) is 12.0 Å². The number of hydrogen-bond donors (Lipinski definition) is 3. The fraction of sp³-hybridized carbons (Fsp3) is 0.571. The van der Waals surface area contributed by atoms with Gasteiger partial charge in [0.1, 0.15) is 6.10 Å². The fourth-order valence-electron chi connectivity index (χ4n) is 2.93. The number of rotatable bonds is 2. The summed E-state index contributed by atoms with van der Waals surface area (Å²) in [5.41, 5.74) is 1.72. The van der Waals surface area contributed by atoms with Crippen LogP contribution in [0.5, 0.6) is 0 Å². The second kappa shape index (κ2) is 4.85. The zero-order chi connectivity index (χ0) is 13.5. The molecule has 0 saturated carbocycles. The predicted octanol–water partition coefficient (Wildman–Crippen LogP) is 0.263. The van der Waals surface area contributed by atoms with Gasteiger partial charge in [0.25, 0.3) is 0 Å². The zero-order valence-electron chi connectivity index (χ0n) is 10.5. The van der Waals surface area contributed by atoms with Crippen molar-refractivity contribution in [1.82, 2.24) is 0 Å². The molecule has 0 bridgehead atoms. The van der Waals surface area contributed by atoms with E-state index >= 15 is 0 Å². The summed E-state index contributed by atoms with van der Waals surface area (Å²) in [7, 11) is 0. The molecule has 3 unspecified atom stereocenters. The maximum absolute atomic E-state index is 10.3. The largest absolute Gasteiger partial charge is 0.396 e. The Bertz CT molecular complexity index is 463. The van der Waals surface area contributed by atoms with Crippen LogP contribution < -0.4 is 0 Å². The molecular formula is C14H18O5. The first-order valence-electron chi connectivity index (χ1n) is 6.54. The number of ether oxygens (including phenoxy) is 2. The molecule has 2 aliphatic heterocycles. The van der Waals surface area contributed by atoms with E-state index < -0.39 is 18.0 Å². The molecule has 0 aromatic heterocycles. The highest BCUT2D eigenvalue weighted by Crippen LogP contribution is 2.45. The second-order valence-corrected chi connectivity index (χ2v) is 5.11. The van der Waals surface area contributed by atoms with E-state index in [1.165, 1.54) is 0 Å². The normalized spacial score (nSPS) is 37.5. The second-order valence-electron chi connectivity index (χ2n) is 5.11. The first kappa shape index (κ1) is 13.0. The minimum absolute atomic E-state index is 0.0226. The number of fused-ring (bicyclic) bond motifs is 2. The van der Waals surface area contributed by atoms with Gasteiger partial charge >= 0.3 is 0 Å². The van der Waals surface area contributed by atoms with Gasteiger partial charge in [0.15, 0.2) is 0 Å². The van der Waals surface area contributed by atoms with Crippen molar-refractivity contribution in [1.29, 1.82) is 0 Å². The Morgan fingerprint density at radius 1 is 1.26 bits per heavy atom. The third-order valence-electron chi connectivity index (χ3n) is 3.89. The third kappa shape index (κ3) is 1.98. The SMILES string of the molecule is OCCC1CC(O)C(O)[C@]2(OCc3ccccc32)O1. The van der Waals surface area contributed by atoms with Crippen LogP contribution in [0.25, 0.3) is 0 Å². The van der Waals surface area contributed by atoms with Crippen LogP contribution in [0.15, 0.2) is 24.3 Å². The average Bonchev–Trinajstić information content (AvgIpc) is 2.77. The van der Waals surface area contributed by atoms with Crippen molar-refractivity contribution < 1.29 is 24.8 Å². The van der Waals surface area contributed by atoms with E-state index in [9.17, 15) is 10.2 Å². The molecule has 19 heavy (non-hydrogen) atoms. The van der Waals surface area contributed by atoms with Crippen molar-refractivity contribution in [3.63, 3.8) is 0 Å². The van der Waals surface area contributed by atoms with Crippen LogP contribution in [0.3, 0.4) is 0 Å². The number of hydrogen-bond acceptors (Lipinski definition) is 5. The maximum Gasteiger partial charge on any atom is 0.225 e. The van der Waals surface area contributed by atoms with Crippen LogP contribution in [0.2, 0.25) is 0 Å². The van der Waals surface area contributed by atoms with E-state index in [-0.39, 0.29) is 12.7 Å². The molecular weight excluding hydrogens is 248 g/mol. The maximum atomic E-state index is 10.3. The predicted molar refractivity (Wildman–Crippen MR) is 66.1 cm³/mol. The summed E-state index contributed by atoms with van der Waals surface area (Å²) in [6, 6.07) is 7.52. The lowest BCUT2D eigenvalue weighted by Crippen LogP contribution is -2.55. The Labute approximate surface area is 111 Å². The first-order valence-corrected chi connectivity index (χ1v) is 6.54. The summed E-state index contributed by atoms with van der Waals surface area (Å²) in [6.07, 6.45) is -1.65. The van der Waals surface area contributed by atoms with Crippen LogP contribution in [0.4, 0.5) is 0 Å². The van der Waals surface area contributed by atoms with E-state index in [1.807, 2.05) is 24.3 Å². The number of aliphatic hydroxyl groups excluding tert-OH is 3. The highest BCUT2D eigenvalue weighted by Gasteiger charge is 2.54. The van der Waals surface area contributed by atoms with Gasteiger partial charge < -0.3 is 24.8 Å². The lowest BCUT2D eigenvalue weighted by atomic mass is 9.88. The average molecular weight is 266 g/mol. The molecule has 0 amide bonds. The van der Waals surface area contributed by atoms with Crippen LogP contribution in [-0.2, 0) is 21.9 Å². The molecule has 3 N–H and O–H groups in total. The molecule has 2 aliphatic rings. The third-order valence-corrected chi connectivity index (χ3v) is 3.89. The van der Waals surface area contributed by atoms with E-state index in [0.29, 0.717) is 19.4 Å². The van der Waals surface area contributed by atoms with Gasteiger partial charge in [-0.1, -0.05) is 24.3 Å². The van der Waals surface area contributed by atoms with Crippen molar-refractivity contribution in [2.24, 2.45) is 0 Å². The Kier molecular flexibility index (Phi) is 3.32. The van der Waals surface area contributed by atoms with Gasteiger partial charge in [0, 0.05) is 18.6 Å². The monoisotopic (exact) mass is 266 g/mol. The molecule has 1 aromatic rings. The number of aliphatic hydroxyl groups is 3. The minimum Gasteiger partial charge on any atom is -0.396 e. The molecule has 1 saturated heterocycles. The molecule has 1 spiro atoms. The molecule has 5 heteroatoms. The lowest BCUT2D eigenvalue weighted by Gasteiger charge is -2.44. The Morgan fingerprint density at radius 2 is 2.05 bits per heavy atom. The van der Waals surface area contributed by atoms with Crippen molar-refractivity contribution in [3.8, 4) is 0 Å². The molecule has 3 rings (SSSR count). The van der Waals surface area contributed by atoms with E-state index in [4.69, 9.17) is 14.6 Å². The summed E-state index contributed by atoms with van der Waals surface area (Å²) in [5, 5.41) is 29.4. The molecule has 0 radical (unpaired) electrons. The van der Waals surface area contributed by atoms with Crippen molar-refractivity contribution >= 4 is 0 Å². The number of benzene rings is 1. The van der Waals surface area contributed by atoms with Gasteiger partial charge in [-0.2, -0.15) is 0 Å². The quantitative estimate of drug-likeness (QED) is 0.715. The van der Waals surface area contributed by atoms with E-state index in [0.717, 1.165) is 11.1 Å². The van der Waals surface area contributed by atoms with Gasteiger partial charge in [-0.25, -0.2) is 0 Å². The molecule has 0 aliphatic carbocycles. The molecule has 104 valence electrons. The first-order chi connectivity index (χ1) is 9.17. The molecule has 4 atom stereocenters. The van der Waals surface area contributed by atoms with Gasteiger partial charge in [0.2, 0.25) is 5.79 Å². The zero-order valence-corrected chi connectivity index (χ0v) is 10.5. The van der Waals surface area contributed by atoms with Crippen molar-refractivity contribution in [3.05, 3.63) is 35.4 Å². The fourth-order valence-corrected chi connectivity index (χ4v) is 2.93. The Morgan fingerprint density at radius 3 is 2.84 bits per heavy atom. The topological polar surface area (TPSA) is 79.2 Å². The van der Waals surface area contributed by atoms with Crippen LogP contribution in [0.1, 0.15) is 24.0 Å². The summed E-state index contributed by atoms with van der Waals surface area (Å²) < 4.78 is 11.6. The molecule has 1 aromatic carbocycles. The van der Waals surface area contributed by atoms with Crippen molar-refractivity contribution in [2.75, 3.05) is 6.61 Å². The molecule has 1 fully saturated rings. The minimum atomic E-state index is -1.30. The van der Waals surface area contributed by atoms with Crippen molar-refractivity contribution in [2.45, 2.75) is 43.5 Å². The summed E-state index contributed by atoms with van der Waals surface area (Å²) in [5.74, 6) is -1.30. The highest BCUT2D eigenvalue weighted by atomic mass is 16.7. The molecule has 2 heterocycles. The van der Waals surface area contributed by atoms with Gasteiger partial charge in [0.05, 0.1) is 18.8 Å². The smallest absolute Gasteiger partial charge is 0.225 e. The van der Waals surface area contributed by atoms with E-state index in [1.54, 1.807) is 0 Å². The van der Waals surface area contributed by atoms with Crippen LogP contribution in [-0.4, -0.2) is 40.2 Å².